The van der Waals surface area contributed by atoms with Crippen molar-refractivity contribution in [2.45, 2.75) is 40.3 Å². The van der Waals surface area contributed by atoms with Gasteiger partial charge in [0.25, 0.3) is 0 Å². The van der Waals surface area contributed by atoms with Crippen molar-refractivity contribution in [3.8, 4) is 17.7 Å². The number of rotatable bonds is 7. The molecule has 0 bridgehead atoms. The number of amides is 1. The first-order valence-corrected chi connectivity index (χ1v) is 10.2. The molecule has 8 nitrogen and oxygen atoms in total. The van der Waals surface area contributed by atoms with E-state index in [1.807, 2.05) is 64.2 Å². The zero-order valence-electron chi connectivity index (χ0n) is 19.4. The third-order valence-corrected chi connectivity index (χ3v) is 4.76. The number of hydrogen-bond donors (Lipinski definition) is 3. The fourth-order valence-corrected chi connectivity index (χ4v) is 2.94. The maximum Gasteiger partial charge on any atom is 0.226 e. The number of carbonyl (C=O) groups is 1. The molecule has 0 radical (unpaired) electrons. The van der Waals surface area contributed by atoms with Gasteiger partial charge in [0.05, 0.1) is 20.6 Å². The zero-order valence-corrected chi connectivity index (χ0v) is 19.4. The van der Waals surface area contributed by atoms with Gasteiger partial charge in [-0.3, -0.25) is 10.1 Å². The van der Waals surface area contributed by atoms with E-state index in [0.717, 1.165) is 16.8 Å². The number of carbonyl (C=O) groups excluding carboxylic acids is 1. The second kappa shape index (κ2) is 11.0. The molecule has 170 valence electrons. The quantitative estimate of drug-likeness (QED) is 0.264. The Morgan fingerprint density at radius 1 is 1.12 bits per heavy atom. The predicted molar refractivity (Wildman–Crippen MR) is 126 cm³/mol. The summed E-state index contributed by atoms with van der Waals surface area (Å²) in [5.41, 5.74) is 2.21. The van der Waals surface area contributed by atoms with Crippen molar-refractivity contribution in [2.75, 3.05) is 19.5 Å². The van der Waals surface area contributed by atoms with Gasteiger partial charge in [-0.15, -0.1) is 0 Å². The molecule has 0 heterocycles. The number of nitriles is 1. The van der Waals surface area contributed by atoms with Gasteiger partial charge < -0.3 is 20.1 Å². The Morgan fingerprint density at radius 2 is 1.81 bits per heavy atom. The maximum absolute atomic E-state index is 12.8. The summed E-state index contributed by atoms with van der Waals surface area (Å²) in [6.07, 6.45) is 1.47. The number of ether oxygens (including phenoxy) is 2. The molecule has 0 fully saturated rings. The highest BCUT2D eigenvalue weighted by Gasteiger charge is 2.27. The fraction of sp³-hybridized carbons (Fsp3) is 0.375. The highest BCUT2D eigenvalue weighted by atomic mass is 16.5. The average molecular weight is 438 g/mol. The van der Waals surface area contributed by atoms with Gasteiger partial charge in [0.15, 0.2) is 17.7 Å². The minimum Gasteiger partial charge on any atom is -0.493 e. The summed E-state index contributed by atoms with van der Waals surface area (Å²) in [5.74, 6) is 1.22. The summed E-state index contributed by atoms with van der Waals surface area (Å²) < 4.78 is 10.6. The fourth-order valence-electron chi connectivity index (χ4n) is 2.94. The van der Waals surface area contributed by atoms with E-state index in [9.17, 15) is 10.1 Å². The average Bonchev–Trinajstić information content (AvgIpc) is 2.74. The Morgan fingerprint density at radius 3 is 2.41 bits per heavy atom. The van der Waals surface area contributed by atoms with Crippen molar-refractivity contribution in [1.29, 1.82) is 5.26 Å². The molecule has 2 aromatic rings. The second-order valence-corrected chi connectivity index (χ2v) is 8.36. The Kier molecular flexibility index (Phi) is 8.47. The summed E-state index contributed by atoms with van der Waals surface area (Å²) in [6, 6.07) is 13.0. The van der Waals surface area contributed by atoms with Crippen molar-refractivity contribution < 1.29 is 14.3 Å². The standard InChI is InChI=1S/C24H31N5O3/c1-16-9-7-8-10-18(16)27-23(26-15-25)29-22(24(2,3)4)28-21(30)14-17-11-12-19(31-5)20(13-17)32-6/h7-13,22H,14H2,1-6H3,(H,28,30)(H2,26,27,29)/t22-/m1/s1. The molecular weight excluding hydrogens is 406 g/mol. The molecule has 2 aromatic carbocycles. The van der Waals surface area contributed by atoms with Gasteiger partial charge in [-0.1, -0.05) is 45.0 Å². The van der Waals surface area contributed by atoms with E-state index in [1.165, 1.54) is 0 Å². The molecule has 32 heavy (non-hydrogen) atoms. The van der Waals surface area contributed by atoms with E-state index in [1.54, 1.807) is 26.4 Å². The summed E-state index contributed by atoms with van der Waals surface area (Å²) in [5, 5.41) is 17.9. The molecule has 1 amide bonds. The largest absolute Gasteiger partial charge is 0.493 e. The monoisotopic (exact) mass is 437 g/mol. The highest BCUT2D eigenvalue weighted by molar-refractivity contribution is 5.95. The third kappa shape index (κ3) is 6.91. The predicted octanol–water partition coefficient (Wildman–Crippen LogP) is 3.58. The molecule has 3 N–H and O–H groups in total. The van der Waals surface area contributed by atoms with Gasteiger partial charge in [-0.2, -0.15) is 5.26 Å². The number of hydrogen-bond acceptors (Lipinski definition) is 5. The number of para-hydroxylation sites is 1. The molecule has 0 spiro atoms. The Balaban J connectivity index is 2.22. The van der Waals surface area contributed by atoms with Gasteiger partial charge in [0, 0.05) is 11.1 Å². The number of aryl methyl sites for hydroxylation is 1. The number of nitrogens with zero attached hydrogens (tertiary/aromatic N) is 2. The third-order valence-electron chi connectivity index (χ3n) is 4.76. The Bertz CT molecular complexity index is 1010. The van der Waals surface area contributed by atoms with E-state index >= 15 is 0 Å². The van der Waals surface area contributed by atoms with Gasteiger partial charge in [0.2, 0.25) is 11.9 Å². The highest BCUT2D eigenvalue weighted by Crippen LogP contribution is 2.28. The summed E-state index contributed by atoms with van der Waals surface area (Å²) in [4.78, 5) is 17.4. The van der Waals surface area contributed by atoms with E-state index in [-0.39, 0.29) is 18.3 Å². The topological polar surface area (TPSA) is 108 Å². The number of anilines is 1. The summed E-state index contributed by atoms with van der Waals surface area (Å²) >= 11 is 0. The first-order valence-electron chi connectivity index (χ1n) is 10.2. The molecule has 0 aliphatic rings. The van der Waals surface area contributed by atoms with Crippen molar-refractivity contribution >= 4 is 17.6 Å². The van der Waals surface area contributed by atoms with Crippen molar-refractivity contribution in [3.63, 3.8) is 0 Å². The Hall–Kier alpha value is -3.73. The molecule has 8 heteroatoms. The molecule has 0 aliphatic heterocycles. The van der Waals surface area contributed by atoms with Crippen LogP contribution in [0.4, 0.5) is 5.69 Å². The molecule has 0 saturated heterocycles. The number of guanidine groups is 1. The van der Waals surface area contributed by atoms with Crippen molar-refractivity contribution in [2.24, 2.45) is 10.4 Å². The molecule has 1 atom stereocenters. The van der Waals surface area contributed by atoms with Crippen LogP contribution >= 0.6 is 0 Å². The smallest absolute Gasteiger partial charge is 0.226 e. The van der Waals surface area contributed by atoms with Crippen LogP contribution in [0.2, 0.25) is 0 Å². The van der Waals surface area contributed by atoms with Gasteiger partial charge in [-0.25, -0.2) is 4.99 Å². The number of methoxy groups -OCH3 is 2. The number of benzene rings is 2. The SMILES string of the molecule is COc1ccc(CC(=O)N[C@H](/N=C(\NC#N)Nc2ccccc2C)C(C)(C)C)cc1OC. The normalized spacial score (nSPS) is 12.3. The van der Waals surface area contributed by atoms with Crippen molar-refractivity contribution in [1.82, 2.24) is 10.6 Å². The van der Waals surface area contributed by atoms with Crippen LogP contribution in [-0.2, 0) is 11.2 Å². The van der Waals surface area contributed by atoms with Gasteiger partial charge >= 0.3 is 0 Å². The minimum atomic E-state index is -0.581. The van der Waals surface area contributed by atoms with Crippen LogP contribution in [0.3, 0.4) is 0 Å². The molecule has 2 rings (SSSR count). The Labute approximate surface area is 189 Å². The minimum absolute atomic E-state index is 0.148. The molecule has 0 unspecified atom stereocenters. The van der Waals surface area contributed by atoms with Gasteiger partial charge in [0.1, 0.15) is 6.17 Å². The number of aliphatic imine (C=N–C) groups is 1. The lowest BCUT2D eigenvalue weighted by atomic mass is 9.92. The van der Waals surface area contributed by atoms with Crippen LogP contribution in [0.1, 0.15) is 31.9 Å². The summed E-state index contributed by atoms with van der Waals surface area (Å²) in [6.45, 7) is 7.86. The van der Waals surface area contributed by atoms with Crippen LogP contribution in [0, 0.1) is 23.8 Å². The molecule has 0 saturated carbocycles. The van der Waals surface area contributed by atoms with Gasteiger partial charge in [-0.05, 0) is 36.2 Å². The van der Waals surface area contributed by atoms with Crippen LogP contribution in [0.15, 0.2) is 47.5 Å². The molecule has 0 aliphatic carbocycles. The lowest BCUT2D eigenvalue weighted by molar-refractivity contribution is -0.121. The summed E-state index contributed by atoms with van der Waals surface area (Å²) in [7, 11) is 3.12. The second-order valence-electron chi connectivity index (χ2n) is 8.36. The van der Waals surface area contributed by atoms with Crippen LogP contribution in [0.5, 0.6) is 11.5 Å². The molecule has 0 aromatic heterocycles. The first kappa shape index (κ1) is 24.5. The lowest BCUT2D eigenvalue weighted by Gasteiger charge is -2.29. The van der Waals surface area contributed by atoms with E-state index in [4.69, 9.17) is 9.47 Å². The van der Waals surface area contributed by atoms with Crippen LogP contribution in [0.25, 0.3) is 0 Å². The van der Waals surface area contributed by atoms with Crippen molar-refractivity contribution in [3.05, 3.63) is 53.6 Å². The number of nitrogens with one attached hydrogen (secondary N) is 3. The van der Waals surface area contributed by atoms with E-state index < -0.39 is 11.6 Å². The van der Waals surface area contributed by atoms with Crippen LogP contribution < -0.4 is 25.4 Å². The lowest BCUT2D eigenvalue weighted by Crippen LogP contribution is -2.45. The first-order chi connectivity index (χ1) is 15.2. The zero-order chi connectivity index (χ0) is 23.7. The van der Waals surface area contributed by atoms with Crippen LogP contribution in [-0.4, -0.2) is 32.3 Å². The van der Waals surface area contributed by atoms with E-state index in [2.05, 4.69) is 20.9 Å². The molecular formula is C24H31N5O3. The van der Waals surface area contributed by atoms with E-state index in [0.29, 0.717) is 11.5 Å². The maximum atomic E-state index is 12.8.